The third-order valence-electron chi connectivity index (χ3n) is 4.61. The van der Waals surface area contributed by atoms with Crippen molar-refractivity contribution in [3.05, 3.63) is 69.8 Å². The summed E-state index contributed by atoms with van der Waals surface area (Å²) in [6.07, 6.45) is 0. The SMILES string of the molecule is CCOC(=O)C1=C(C)N(c2cccc(Br)c2)C(=S)NC1c1ccc(NC(C)=O)cc1. The molecule has 8 heteroatoms. The molecule has 3 rings (SSSR count). The monoisotopic (exact) mass is 487 g/mol. The summed E-state index contributed by atoms with van der Waals surface area (Å²) in [5.74, 6) is -0.548. The van der Waals surface area contributed by atoms with Crippen molar-refractivity contribution >= 4 is 56.5 Å². The average molecular weight is 488 g/mol. The lowest BCUT2D eigenvalue weighted by molar-refractivity contribution is -0.139. The third-order valence-corrected chi connectivity index (χ3v) is 5.40. The number of ether oxygens (including phenoxy) is 1. The molecular weight excluding hydrogens is 466 g/mol. The first-order valence-electron chi connectivity index (χ1n) is 9.43. The standard InChI is InChI=1S/C22H22BrN3O3S/c1-4-29-21(28)19-13(2)26(18-7-5-6-16(23)12-18)22(30)25-20(19)15-8-10-17(11-9-15)24-14(3)27/h5-12,20H,4H2,1-3H3,(H,24,27)(H,25,30). The van der Waals surface area contributed by atoms with Crippen molar-refractivity contribution < 1.29 is 14.3 Å². The summed E-state index contributed by atoms with van der Waals surface area (Å²) in [6.45, 7) is 5.36. The minimum absolute atomic E-state index is 0.146. The number of carbonyl (C=O) groups is 2. The van der Waals surface area contributed by atoms with E-state index in [9.17, 15) is 9.59 Å². The summed E-state index contributed by atoms with van der Waals surface area (Å²) in [7, 11) is 0. The van der Waals surface area contributed by atoms with Gasteiger partial charge < -0.3 is 15.4 Å². The third kappa shape index (κ3) is 4.71. The fourth-order valence-corrected chi connectivity index (χ4v) is 4.10. The predicted molar refractivity (Wildman–Crippen MR) is 125 cm³/mol. The Morgan fingerprint density at radius 3 is 2.53 bits per heavy atom. The van der Waals surface area contributed by atoms with Gasteiger partial charge in [0, 0.05) is 28.5 Å². The second-order valence-corrected chi connectivity index (χ2v) is 8.02. The maximum absolute atomic E-state index is 12.9. The summed E-state index contributed by atoms with van der Waals surface area (Å²) in [6, 6.07) is 14.5. The molecule has 0 aromatic heterocycles. The quantitative estimate of drug-likeness (QED) is 0.471. The molecule has 1 aliphatic rings. The van der Waals surface area contributed by atoms with E-state index in [0.717, 1.165) is 15.7 Å². The van der Waals surface area contributed by atoms with Crippen LogP contribution in [-0.2, 0) is 14.3 Å². The first-order valence-corrected chi connectivity index (χ1v) is 10.6. The number of rotatable bonds is 5. The summed E-state index contributed by atoms with van der Waals surface area (Å²) < 4.78 is 6.26. The van der Waals surface area contributed by atoms with E-state index in [2.05, 4.69) is 26.6 Å². The number of nitrogens with zero attached hydrogens (tertiary/aromatic N) is 1. The Morgan fingerprint density at radius 1 is 1.23 bits per heavy atom. The van der Waals surface area contributed by atoms with Gasteiger partial charge in [0.2, 0.25) is 5.91 Å². The van der Waals surface area contributed by atoms with E-state index in [4.69, 9.17) is 17.0 Å². The van der Waals surface area contributed by atoms with Gasteiger partial charge >= 0.3 is 5.97 Å². The van der Waals surface area contributed by atoms with Crippen molar-refractivity contribution in [1.29, 1.82) is 0 Å². The predicted octanol–water partition coefficient (Wildman–Crippen LogP) is 4.68. The molecule has 0 bridgehead atoms. The Bertz CT molecular complexity index is 1020. The van der Waals surface area contributed by atoms with E-state index < -0.39 is 12.0 Å². The van der Waals surface area contributed by atoms with Crippen molar-refractivity contribution in [2.75, 3.05) is 16.8 Å². The lowest BCUT2D eigenvalue weighted by Crippen LogP contribution is -2.48. The Balaban J connectivity index is 2.06. The number of allylic oxidation sites excluding steroid dienone is 1. The van der Waals surface area contributed by atoms with Crippen LogP contribution in [0.25, 0.3) is 0 Å². The van der Waals surface area contributed by atoms with Crippen molar-refractivity contribution in [1.82, 2.24) is 5.32 Å². The van der Waals surface area contributed by atoms with Gasteiger partial charge in [-0.25, -0.2) is 4.79 Å². The van der Waals surface area contributed by atoms with Crippen LogP contribution >= 0.6 is 28.1 Å². The minimum atomic E-state index is -0.466. The topological polar surface area (TPSA) is 70.7 Å². The van der Waals surface area contributed by atoms with Gasteiger partial charge in [0.25, 0.3) is 0 Å². The summed E-state index contributed by atoms with van der Waals surface area (Å²) in [5, 5.41) is 6.50. The molecule has 1 amide bonds. The summed E-state index contributed by atoms with van der Waals surface area (Å²) in [5.41, 5.74) is 3.53. The largest absolute Gasteiger partial charge is 0.463 e. The summed E-state index contributed by atoms with van der Waals surface area (Å²) in [4.78, 5) is 26.0. The molecule has 1 atom stereocenters. The van der Waals surface area contributed by atoms with Crippen LogP contribution in [0.15, 0.2) is 64.3 Å². The van der Waals surface area contributed by atoms with Gasteiger partial charge in [-0.2, -0.15) is 0 Å². The number of halogens is 1. The molecular formula is C22H22BrN3O3S. The van der Waals surface area contributed by atoms with E-state index in [1.165, 1.54) is 6.92 Å². The smallest absolute Gasteiger partial charge is 0.338 e. The van der Waals surface area contributed by atoms with Gasteiger partial charge in [-0.3, -0.25) is 9.69 Å². The number of hydrogen-bond donors (Lipinski definition) is 2. The van der Waals surface area contributed by atoms with Crippen LogP contribution in [0.5, 0.6) is 0 Å². The first-order chi connectivity index (χ1) is 14.3. The van der Waals surface area contributed by atoms with Crippen LogP contribution < -0.4 is 15.5 Å². The van der Waals surface area contributed by atoms with E-state index in [0.29, 0.717) is 22.1 Å². The van der Waals surface area contributed by atoms with Crippen LogP contribution in [0, 0.1) is 0 Å². The highest BCUT2D eigenvalue weighted by Crippen LogP contribution is 2.35. The Kier molecular flexibility index (Phi) is 6.89. The van der Waals surface area contributed by atoms with Gasteiger partial charge in [0.05, 0.1) is 18.2 Å². The highest BCUT2D eigenvalue weighted by molar-refractivity contribution is 9.10. The number of benzene rings is 2. The van der Waals surface area contributed by atoms with Crippen molar-refractivity contribution in [3.63, 3.8) is 0 Å². The zero-order chi connectivity index (χ0) is 21.8. The normalized spacial score (nSPS) is 16.2. The lowest BCUT2D eigenvalue weighted by Gasteiger charge is -2.37. The Labute approximate surface area is 189 Å². The Hall–Kier alpha value is -2.71. The first kappa shape index (κ1) is 22.0. The molecule has 2 aromatic rings. The molecule has 1 unspecified atom stereocenters. The molecule has 156 valence electrons. The minimum Gasteiger partial charge on any atom is -0.463 e. The molecule has 30 heavy (non-hydrogen) atoms. The van der Waals surface area contributed by atoms with Crippen LogP contribution in [0.1, 0.15) is 32.4 Å². The molecule has 2 N–H and O–H groups in total. The highest BCUT2D eigenvalue weighted by atomic mass is 79.9. The summed E-state index contributed by atoms with van der Waals surface area (Å²) >= 11 is 9.13. The van der Waals surface area contributed by atoms with Gasteiger partial charge in [-0.15, -0.1) is 0 Å². The molecule has 1 heterocycles. The molecule has 2 aromatic carbocycles. The molecule has 6 nitrogen and oxygen atoms in total. The number of hydrogen-bond acceptors (Lipinski definition) is 4. The molecule has 0 fully saturated rings. The molecule has 0 spiro atoms. The number of amides is 1. The van der Waals surface area contributed by atoms with Crippen molar-refractivity contribution in [2.24, 2.45) is 0 Å². The zero-order valence-electron chi connectivity index (χ0n) is 16.9. The average Bonchev–Trinajstić information content (AvgIpc) is 2.68. The maximum atomic E-state index is 12.9. The number of esters is 1. The molecule has 0 saturated carbocycles. The zero-order valence-corrected chi connectivity index (χ0v) is 19.3. The van der Waals surface area contributed by atoms with E-state index in [1.54, 1.807) is 19.1 Å². The fraction of sp³-hybridized carbons (Fsp3) is 0.227. The number of nitrogens with one attached hydrogen (secondary N) is 2. The van der Waals surface area contributed by atoms with Crippen LogP contribution in [0.4, 0.5) is 11.4 Å². The van der Waals surface area contributed by atoms with Gasteiger partial charge in [0.15, 0.2) is 5.11 Å². The van der Waals surface area contributed by atoms with Crippen LogP contribution in [-0.4, -0.2) is 23.6 Å². The maximum Gasteiger partial charge on any atom is 0.338 e. The lowest BCUT2D eigenvalue weighted by atomic mass is 9.94. The van der Waals surface area contributed by atoms with Gasteiger partial charge in [-0.05, 0) is 62.0 Å². The second-order valence-electron chi connectivity index (χ2n) is 6.72. The molecule has 0 aliphatic carbocycles. The number of thiocarbonyl (C=S) groups is 1. The van der Waals surface area contributed by atoms with Gasteiger partial charge in [-0.1, -0.05) is 34.1 Å². The molecule has 0 radical (unpaired) electrons. The van der Waals surface area contributed by atoms with Crippen LogP contribution in [0.3, 0.4) is 0 Å². The van der Waals surface area contributed by atoms with E-state index in [-0.39, 0.29) is 12.5 Å². The van der Waals surface area contributed by atoms with E-state index >= 15 is 0 Å². The fourth-order valence-electron chi connectivity index (χ4n) is 3.35. The van der Waals surface area contributed by atoms with Crippen LogP contribution in [0.2, 0.25) is 0 Å². The Morgan fingerprint density at radius 2 is 1.93 bits per heavy atom. The second kappa shape index (κ2) is 9.40. The highest BCUT2D eigenvalue weighted by Gasteiger charge is 2.35. The number of carbonyl (C=O) groups excluding carboxylic acids is 2. The van der Waals surface area contributed by atoms with Crippen molar-refractivity contribution in [3.8, 4) is 0 Å². The molecule has 1 aliphatic heterocycles. The molecule has 0 saturated heterocycles. The van der Waals surface area contributed by atoms with Crippen molar-refractivity contribution in [2.45, 2.75) is 26.8 Å². The van der Waals surface area contributed by atoms with E-state index in [1.807, 2.05) is 48.2 Å². The van der Waals surface area contributed by atoms with Gasteiger partial charge in [0.1, 0.15) is 0 Å². The number of anilines is 2.